The first-order valence-corrected chi connectivity index (χ1v) is 7.27. The van der Waals surface area contributed by atoms with Gasteiger partial charge in [-0.2, -0.15) is 0 Å². The van der Waals surface area contributed by atoms with E-state index in [4.69, 9.17) is 10.3 Å². The normalized spacial score (nSPS) is 14.4. The Morgan fingerprint density at radius 2 is 2.25 bits per heavy atom. The van der Waals surface area contributed by atoms with Crippen molar-refractivity contribution in [1.82, 2.24) is 5.16 Å². The highest BCUT2D eigenvalue weighted by molar-refractivity contribution is 5.66. The van der Waals surface area contributed by atoms with Crippen LogP contribution in [-0.2, 0) is 19.4 Å². The lowest BCUT2D eigenvalue weighted by Crippen LogP contribution is -2.29. The molecule has 20 heavy (non-hydrogen) atoms. The molecule has 0 saturated carbocycles. The number of fused-ring (bicyclic) bond motifs is 1. The van der Waals surface area contributed by atoms with Crippen LogP contribution in [0, 0.1) is 6.92 Å². The van der Waals surface area contributed by atoms with Crippen LogP contribution < -0.4 is 10.6 Å². The Hall–Kier alpha value is -1.97. The summed E-state index contributed by atoms with van der Waals surface area (Å²) in [7, 11) is 0. The number of nitrogens with two attached hydrogens (primary N) is 1. The third-order valence-electron chi connectivity index (χ3n) is 4.13. The fraction of sp³-hybridized carbons (Fsp3) is 0.438. The molecule has 1 aliphatic heterocycles. The van der Waals surface area contributed by atoms with Crippen molar-refractivity contribution in [3.05, 3.63) is 40.8 Å². The summed E-state index contributed by atoms with van der Waals surface area (Å²) in [6, 6.07) is 6.19. The lowest BCUT2D eigenvalue weighted by molar-refractivity contribution is 0.390. The van der Waals surface area contributed by atoms with E-state index in [2.05, 4.69) is 23.0 Å². The fourth-order valence-electron chi connectivity index (χ4n) is 3.00. The van der Waals surface area contributed by atoms with Gasteiger partial charge >= 0.3 is 0 Å². The van der Waals surface area contributed by atoms with E-state index in [1.54, 1.807) is 0 Å². The number of aromatic nitrogens is 1. The summed E-state index contributed by atoms with van der Waals surface area (Å²) >= 11 is 0. The van der Waals surface area contributed by atoms with Crippen LogP contribution in [0.3, 0.4) is 0 Å². The molecule has 106 valence electrons. The van der Waals surface area contributed by atoms with Gasteiger partial charge in [0.05, 0.1) is 5.69 Å². The minimum atomic E-state index is 0.856. The molecule has 4 heteroatoms. The fourth-order valence-corrected chi connectivity index (χ4v) is 3.00. The van der Waals surface area contributed by atoms with Crippen LogP contribution >= 0.6 is 0 Å². The van der Waals surface area contributed by atoms with Gasteiger partial charge in [0.1, 0.15) is 5.76 Å². The molecule has 0 saturated heterocycles. The maximum absolute atomic E-state index is 6.11. The molecule has 4 nitrogen and oxygen atoms in total. The molecule has 0 radical (unpaired) electrons. The van der Waals surface area contributed by atoms with E-state index in [1.807, 2.05) is 19.1 Å². The van der Waals surface area contributed by atoms with Crippen LogP contribution in [0.5, 0.6) is 0 Å². The molecule has 0 unspecified atom stereocenters. The summed E-state index contributed by atoms with van der Waals surface area (Å²) in [6.45, 7) is 6.02. The maximum atomic E-state index is 6.11. The Morgan fingerprint density at radius 1 is 1.40 bits per heavy atom. The Bertz CT molecular complexity index is 618. The lowest BCUT2D eigenvalue weighted by atomic mass is 9.99. The van der Waals surface area contributed by atoms with Gasteiger partial charge in [0, 0.05) is 30.0 Å². The number of nitrogen functional groups attached to an aromatic ring is 1. The SMILES string of the molecule is CCc1noc(C)c1CN1CCCc2c(N)cccc21. The highest BCUT2D eigenvalue weighted by Gasteiger charge is 2.21. The lowest BCUT2D eigenvalue weighted by Gasteiger charge is -2.32. The Kier molecular flexibility index (Phi) is 3.38. The molecule has 3 rings (SSSR count). The number of rotatable bonds is 3. The third-order valence-corrected chi connectivity index (χ3v) is 4.13. The molecule has 2 aromatic rings. The molecular weight excluding hydrogens is 250 g/mol. The first-order chi connectivity index (χ1) is 9.70. The van der Waals surface area contributed by atoms with Gasteiger partial charge in [-0.3, -0.25) is 0 Å². The average molecular weight is 271 g/mol. The zero-order valence-electron chi connectivity index (χ0n) is 12.1. The second kappa shape index (κ2) is 5.19. The number of nitrogens with zero attached hydrogens (tertiary/aromatic N) is 2. The first-order valence-electron chi connectivity index (χ1n) is 7.27. The molecule has 2 heterocycles. The summed E-state index contributed by atoms with van der Waals surface area (Å²) in [4.78, 5) is 2.40. The number of anilines is 2. The maximum Gasteiger partial charge on any atom is 0.138 e. The second-order valence-corrected chi connectivity index (χ2v) is 5.39. The molecule has 2 N–H and O–H groups in total. The van der Waals surface area contributed by atoms with E-state index < -0.39 is 0 Å². The van der Waals surface area contributed by atoms with Crippen molar-refractivity contribution in [3.63, 3.8) is 0 Å². The smallest absolute Gasteiger partial charge is 0.138 e. The molecule has 0 amide bonds. The Balaban J connectivity index is 1.94. The Morgan fingerprint density at radius 3 is 3.05 bits per heavy atom. The van der Waals surface area contributed by atoms with Gasteiger partial charge in [0.25, 0.3) is 0 Å². The topological polar surface area (TPSA) is 55.3 Å². The summed E-state index contributed by atoms with van der Waals surface area (Å²) in [5.74, 6) is 0.929. The van der Waals surface area contributed by atoms with Gasteiger partial charge in [0.2, 0.25) is 0 Å². The average Bonchev–Trinajstić information content (AvgIpc) is 2.81. The minimum absolute atomic E-state index is 0.856. The van der Waals surface area contributed by atoms with Crippen LogP contribution in [0.25, 0.3) is 0 Å². The van der Waals surface area contributed by atoms with Crippen molar-refractivity contribution in [2.75, 3.05) is 17.2 Å². The minimum Gasteiger partial charge on any atom is -0.398 e. The number of hydrogen-bond acceptors (Lipinski definition) is 4. The van der Waals surface area contributed by atoms with Gasteiger partial charge in [-0.05, 0) is 43.9 Å². The van der Waals surface area contributed by atoms with Crippen molar-refractivity contribution in [1.29, 1.82) is 0 Å². The van der Waals surface area contributed by atoms with E-state index in [9.17, 15) is 0 Å². The van der Waals surface area contributed by atoms with Crippen LogP contribution in [-0.4, -0.2) is 11.7 Å². The van der Waals surface area contributed by atoms with Gasteiger partial charge < -0.3 is 15.2 Å². The van der Waals surface area contributed by atoms with Crippen LogP contribution in [0.4, 0.5) is 11.4 Å². The zero-order valence-corrected chi connectivity index (χ0v) is 12.1. The van der Waals surface area contributed by atoms with Crippen LogP contribution in [0.15, 0.2) is 22.7 Å². The molecule has 0 spiro atoms. The summed E-state index contributed by atoms with van der Waals surface area (Å²) in [5.41, 5.74) is 11.9. The highest BCUT2D eigenvalue weighted by atomic mass is 16.5. The van der Waals surface area contributed by atoms with Gasteiger partial charge in [-0.15, -0.1) is 0 Å². The standard InChI is InChI=1S/C16H21N3O/c1-3-15-13(11(2)20-18-15)10-19-9-5-6-12-14(17)7-4-8-16(12)19/h4,7-8H,3,5-6,9-10,17H2,1-2H3. The summed E-state index contributed by atoms with van der Waals surface area (Å²) < 4.78 is 5.34. The van der Waals surface area contributed by atoms with E-state index >= 15 is 0 Å². The van der Waals surface area contributed by atoms with E-state index in [0.29, 0.717) is 0 Å². The molecule has 0 aliphatic carbocycles. The monoisotopic (exact) mass is 271 g/mol. The van der Waals surface area contributed by atoms with Crippen molar-refractivity contribution in [3.8, 4) is 0 Å². The molecule has 1 aromatic heterocycles. The predicted octanol–water partition coefficient (Wildman–Crippen LogP) is 3.08. The van der Waals surface area contributed by atoms with Crippen molar-refractivity contribution in [2.45, 2.75) is 39.7 Å². The van der Waals surface area contributed by atoms with Gasteiger partial charge in [-0.25, -0.2) is 0 Å². The number of hydrogen-bond donors (Lipinski definition) is 1. The largest absolute Gasteiger partial charge is 0.398 e. The predicted molar refractivity (Wildman–Crippen MR) is 80.8 cm³/mol. The summed E-state index contributed by atoms with van der Waals surface area (Å²) in [6.07, 6.45) is 3.12. The van der Waals surface area contributed by atoms with Crippen molar-refractivity contribution < 1.29 is 4.52 Å². The van der Waals surface area contributed by atoms with E-state index in [1.165, 1.54) is 16.8 Å². The molecule has 1 aromatic carbocycles. The zero-order chi connectivity index (χ0) is 14.1. The van der Waals surface area contributed by atoms with E-state index in [-0.39, 0.29) is 0 Å². The van der Waals surface area contributed by atoms with Gasteiger partial charge in [-0.1, -0.05) is 18.1 Å². The number of benzene rings is 1. The second-order valence-electron chi connectivity index (χ2n) is 5.39. The van der Waals surface area contributed by atoms with Crippen molar-refractivity contribution in [2.24, 2.45) is 0 Å². The van der Waals surface area contributed by atoms with Crippen LogP contribution in [0.2, 0.25) is 0 Å². The van der Waals surface area contributed by atoms with E-state index in [0.717, 1.165) is 49.5 Å². The molecule has 1 aliphatic rings. The Labute approximate surface area is 119 Å². The quantitative estimate of drug-likeness (QED) is 0.872. The van der Waals surface area contributed by atoms with Gasteiger partial charge in [0.15, 0.2) is 0 Å². The molecule has 0 bridgehead atoms. The molecular formula is C16H21N3O. The molecule has 0 atom stereocenters. The first kappa shape index (κ1) is 13.0. The van der Waals surface area contributed by atoms with Crippen LogP contribution in [0.1, 0.15) is 35.9 Å². The number of aryl methyl sites for hydroxylation is 2. The highest BCUT2D eigenvalue weighted by Crippen LogP contribution is 2.33. The molecule has 0 fully saturated rings. The van der Waals surface area contributed by atoms with Crippen molar-refractivity contribution >= 4 is 11.4 Å². The summed E-state index contributed by atoms with van der Waals surface area (Å²) in [5, 5.41) is 4.15. The third kappa shape index (κ3) is 2.15.